The molecule has 0 spiro atoms. The minimum Gasteiger partial charge on any atom is -0.338 e. The summed E-state index contributed by atoms with van der Waals surface area (Å²) in [7, 11) is 0. The van der Waals surface area contributed by atoms with Crippen molar-refractivity contribution < 1.29 is 4.79 Å². The summed E-state index contributed by atoms with van der Waals surface area (Å²) in [6.45, 7) is 12.1. The molecule has 10 nitrogen and oxygen atoms in total. The number of amides is 1. The molecule has 1 aliphatic heterocycles. The number of nitriles is 1. The summed E-state index contributed by atoms with van der Waals surface area (Å²) in [5, 5.41) is 15.5. The molecule has 1 fully saturated rings. The molecule has 3 aromatic rings. The zero-order valence-corrected chi connectivity index (χ0v) is 21.9. The quantitative estimate of drug-likeness (QED) is 0.470. The fraction of sp³-hybridized carbons (Fsp3) is 0.440. The molecule has 4 rings (SSSR count). The number of piperazine rings is 1. The van der Waals surface area contributed by atoms with Crippen LogP contribution in [0.5, 0.6) is 0 Å². The number of nitrogens with zero attached hydrogens (tertiary/aromatic N) is 7. The summed E-state index contributed by atoms with van der Waals surface area (Å²) in [5.74, 6) is 1.53. The third-order valence-electron chi connectivity index (χ3n) is 6.04. The molecule has 2 aromatic heterocycles. The van der Waals surface area contributed by atoms with Crippen molar-refractivity contribution in [2.75, 3.05) is 48.3 Å². The lowest BCUT2D eigenvalue weighted by Gasteiger charge is -2.34. The highest BCUT2D eigenvalue weighted by Gasteiger charge is 2.21. The number of rotatable bonds is 8. The summed E-state index contributed by atoms with van der Waals surface area (Å²) >= 11 is 1.25. The average Bonchev–Trinajstić information content (AvgIpc) is 3.33. The fourth-order valence-electron chi connectivity index (χ4n) is 4.23. The van der Waals surface area contributed by atoms with Crippen molar-refractivity contribution in [2.24, 2.45) is 0 Å². The Morgan fingerprint density at radius 1 is 1.11 bits per heavy atom. The number of aromatic nitrogens is 4. The number of anilines is 4. The first kappa shape index (κ1) is 25.5. The van der Waals surface area contributed by atoms with Crippen molar-refractivity contribution in [3.8, 4) is 6.07 Å². The maximum absolute atomic E-state index is 12.9. The second-order valence-corrected chi connectivity index (χ2v) is 9.88. The van der Waals surface area contributed by atoms with E-state index in [1.54, 1.807) is 6.20 Å². The Balaban J connectivity index is 1.44. The van der Waals surface area contributed by atoms with Crippen LogP contribution < -0.4 is 15.5 Å². The maximum Gasteiger partial charge on any atom is 0.267 e. The molecule has 0 radical (unpaired) electrons. The van der Waals surface area contributed by atoms with E-state index in [0.29, 0.717) is 40.6 Å². The van der Waals surface area contributed by atoms with Crippen LogP contribution in [0.25, 0.3) is 0 Å². The van der Waals surface area contributed by atoms with Crippen LogP contribution in [-0.4, -0.2) is 63.5 Å². The fourth-order valence-corrected chi connectivity index (χ4v) is 4.93. The average molecular weight is 506 g/mol. The van der Waals surface area contributed by atoms with Crippen molar-refractivity contribution in [2.45, 2.75) is 40.5 Å². The minimum absolute atomic E-state index is 0.199. The van der Waals surface area contributed by atoms with E-state index >= 15 is 0 Å². The SMILES string of the molecule is CCc1nc(Nc2ncc(C(=O)Nc3c(C)cc(C)cc3C)s2)nc(N2CCN(CCC#N)CC2)n1. The van der Waals surface area contributed by atoms with Gasteiger partial charge in [0.25, 0.3) is 5.91 Å². The van der Waals surface area contributed by atoms with Crippen molar-refractivity contribution in [3.05, 3.63) is 45.7 Å². The molecule has 1 amide bonds. The highest BCUT2D eigenvalue weighted by molar-refractivity contribution is 7.17. The van der Waals surface area contributed by atoms with Gasteiger partial charge in [-0.25, -0.2) is 4.98 Å². The predicted octanol–water partition coefficient (Wildman–Crippen LogP) is 3.85. The van der Waals surface area contributed by atoms with E-state index in [-0.39, 0.29) is 5.91 Å². The molecule has 3 heterocycles. The van der Waals surface area contributed by atoms with Gasteiger partial charge in [0.15, 0.2) is 5.13 Å². The molecule has 2 N–H and O–H groups in total. The molecule has 11 heteroatoms. The van der Waals surface area contributed by atoms with E-state index < -0.39 is 0 Å². The van der Waals surface area contributed by atoms with Crippen molar-refractivity contribution in [1.82, 2.24) is 24.8 Å². The lowest BCUT2D eigenvalue weighted by atomic mass is 10.1. The van der Waals surface area contributed by atoms with Crippen LogP contribution in [-0.2, 0) is 6.42 Å². The molecule has 0 aliphatic carbocycles. The second kappa shape index (κ2) is 11.4. The summed E-state index contributed by atoms with van der Waals surface area (Å²) in [6.07, 6.45) is 2.77. The van der Waals surface area contributed by atoms with E-state index in [0.717, 1.165) is 55.1 Å². The molecule has 1 saturated heterocycles. The highest BCUT2D eigenvalue weighted by atomic mass is 32.1. The number of benzene rings is 1. The summed E-state index contributed by atoms with van der Waals surface area (Å²) in [6, 6.07) is 6.31. The molecule has 0 saturated carbocycles. The van der Waals surface area contributed by atoms with E-state index in [9.17, 15) is 4.79 Å². The number of hydrogen-bond donors (Lipinski definition) is 2. The first-order chi connectivity index (χ1) is 17.4. The van der Waals surface area contributed by atoms with Gasteiger partial charge in [-0.15, -0.1) is 0 Å². The van der Waals surface area contributed by atoms with Gasteiger partial charge < -0.3 is 10.2 Å². The molecule has 1 aromatic carbocycles. The second-order valence-electron chi connectivity index (χ2n) is 8.85. The number of thiazole rings is 1. The monoisotopic (exact) mass is 505 g/mol. The molecular formula is C25H31N9OS. The van der Waals surface area contributed by atoms with Gasteiger partial charge in [0.05, 0.1) is 12.3 Å². The topological polar surface area (TPSA) is 123 Å². The lowest BCUT2D eigenvalue weighted by Crippen LogP contribution is -2.47. The lowest BCUT2D eigenvalue weighted by molar-refractivity contribution is 0.103. The number of hydrogen-bond acceptors (Lipinski definition) is 10. The van der Waals surface area contributed by atoms with Gasteiger partial charge in [-0.05, 0) is 31.9 Å². The molecule has 0 atom stereocenters. The maximum atomic E-state index is 12.9. The van der Waals surface area contributed by atoms with E-state index in [4.69, 9.17) is 5.26 Å². The number of carbonyl (C=O) groups excluding carboxylic acids is 1. The summed E-state index contributed by atoms with van der Waals surface area (Å²) in [4.78, 5) is 35.9. The Morgan fingerprint density at radius 3 is 2.50 bits per heavy atom. The molecule has 188 valence electrons. The Morgan fingerprint density at radius 2 is 1.83 bits per heavy atom. The van der Waals surface area contributed by atoms with E-state index in [1.165, 1.54) is 11.3 Å². The minimum atomic E-state index is -0.199. The normalized spacial score (nSPS) is 13.9. The van der Waals surface area contributed by atoms with Crippen molar-refractivity contribution in [1.29, 1.82) is 5.26 Å². The van der Waals surface area contributed by atoms with Gasteiger partial charge in [0.1, 0.15) is 10.7 Å². The van der Waals surface area contributed by atoms with Crippen LogP contribution in [0.3, 0.4) is 0 Å². The predicted molar refractivity (Wildman–Crippen MR) is 142 cm³/mol. The van der Waals surface area contributed by atoms with Crippen LogP contribution in [0.2, 0.25) is 0 Å². The van der Waals surface area contributed by atoms with Crippen LogP contribution in [0.15, 0.2) is 18.3 Å². The van der Waals surface area contributed by atoms with Crippen LogP contribution in [0.1, 0.15) is 45.5 Å². The number of carbonyl (C=O) groups is 1. The number of aryl methyl sites for hydroxylation is 4. The van der Waals surface area contributed by atoms with Gasteiger partial charge in [0, 0.05) is 51.3 Å². The first-order valence-corrected chi connectivity index (χ1v) is 12.9. The van der Waals surface area contributed by atoms with Gasteiger partial charge in [0.2, 0.25) is 11.9 Å². The van der Waals surface area contributed by atoms with Crippen molar-refractivity contribution >= 4 is 40.0 Å². The van der Waals surface area contributed by atoms with E-state index in [2.05, 4.69) is 58.6 Å². The van der Waals surface area contributed by atoms with Gasteiger partial charge in [-0.1, -0.05) is 36.0 Å². The standard InChI is InChI=1S/C25H31N9OS/c1-5-20-28-23(31-24(29-20)34-11-9-33(10-12-34)8-6-7-26)32-25-27-15-19(36-25)22(35)30-21-17(3)13-16(2)14-18(21)4/h13-15H,5-6,8-12H2,1-4H3,(H,30,35)(H,27,28,29,31,32). The van der Waals surface area contributed by atoms with Gasteiger partial charge in [-0.3, -0.25) is 15.0 Å². The Kier molecular flexibility index (Phi) is 8.07. The molecule has 0 bridgehead atoms. The van der Waals surface area contributed by atoms with Crippen LogP contribution >= 0.6 is 11.3 Å². The third kappa shape index (κ3) is 6.13. The third-order valence-corrected chi connectivity index (χ3v) is 6.96. The zero-order chi connectivity index (χ0) is 25.7. The Bertz CT molecular complexity index is 1250. The Labute approximate surface area is 215 Å². The molecule has 1 aliphatic rings. The van der Waals surface area contributed by atoms with Crippen LogP contribution in [0.4, 0.5) is 22.7 Å². The molecular weight excluding hydrogens is 474 g/mol. The summed E-state index contributed by atoms with van der Waals surface area (Å²) < 4.78 is 0. The molecule has 0 unspecified atom stereocenters. The molecule has 36 heavy (non-hydrogen) atoms. The smallest absolute Gasteiger partial charge is 0.267 e. The largest absolute Gasteiger partial charge is 0.338 e. The summed E-state index contributed by atoms with van der Waals surface area (Å²) in [5.41, 5.74) is 4.05. The van der Waals surface area contributed by atoms with Crippen molar-refractivity contribution in [3.63, 3.8) is 0 Å². The first-order valence-electron chi connectivity index (χ1n) is 12.1. The Hall–Kier alpha value is -3.62. The van der Waals surface area contributed by atoms with E-state index in [1.807, 2.05) is 27.7 Å². The zero-order valence-electron chi connectivity index (χ0n) is 21.1. The van der Waals surface area contributed by atoms with Gasteiger partial charge in [-0.2, -0.15) is 20.2 Å². The highest BCUT2D eigenvalue weighted by Crippen LogP contribution is 2.26. The van der Waals surface area contributed by atoms with Gasteiger partial charge >= 0.3 is 0 Å². The van der Waals surface area contributed by atoms with Crippen LogP contribution in [0, 0.1) is 32.1 Å². The number of nitrogens with one attached hydrogen (secondary N) is 2.